The van der Waals surface area contributed by atoms with E-state index in [1.54, 1.807) is 18.3 Å². The standard InChI is InChI=1S/C33H31N5O3/c1-23-3-7-27(18-29(23)26-8-4-24(19-34)5-9-26)33(39)36-28-10-12-32(35-20-28)38-14-2-13-37(15-16-38)21-25-6-11-30-31(17-25)41-22-40-30/h3-12,17-18,20H,2,13-16,21-22H2,1H3,(H,36,39). The van der Waals surface area contributed by atoms with E-state index in [0.717, 1.165) is 73.2 Å². The number of nitrogens with one attached hydrogen (secondary N) is 1. The first-order valence-corrected chi connectivity index (χ1v) is 13.8. The lowest BCUT2D eigenvalue weighted by Crippen LogP contribution is -2.31. The van der Waals surface area contributed by atoms with Gasteiger partial charge in [0.2, 0.25) is 6.79 Å². The maximum absolute atomic E-state index is 13.1. The van der Waals surface area contributed by atoms with Gasteiger partial charge >= 0.3 is 0 Å². The van der Waals surface area contributed by atoms with E-state index in [9.17, 15) is 4.79 Å². The van der Waals surface area contributed by atoms with Crippen LogP contribution >= 0.6 is 0 Å². The number of anilines is 2. The van der Waals surface area contributed by atoms with E-state index >= 15 is 0 Å². The zero-order valence-electron chi connectivity index (χ0n) is 23.0. The topological polar surface area (TPSA) is 90.7 Å². The molecule has 2 aliphatic heterocycles. The van der Waals surface area contributed by atoms with Crippen LogP contribution in [0.15, 0.2) is 79.0 Å². The van der Waals surface area contributed by atoms with Crippen molar-refractivity contribution in [2.75, 3.05) is 43.2 Å². The van der Waals surface area contributed by atoms with Crippen molar-refractivity contribution in [2.45, 2.75) is 19.9 Å². The minimum atomic E-state index is -0.191. The Balaban J connectivity index is 1.06. The van der Waals surface area contributed by atoms with Gasteiger partial charge in [-0.15, -0.1) is 0 Å². The second-order valence-electron chi connectivity index (χ2n) is 10.4. The minimum Gasteiger partial charge on any atom is -0.454 e. The second kappa shape index (κ2) is 11.7. The number of aryl methyl sites for hydroxylation is 1. The van der Waals surface area contributed by atoms with Gasteiger partial charge in [-0.25, -0.2) is 4.98 Å². The normalized spacial score (nSPS) is 14.8. The molecule has 1 aromatic heterocycles. The van der Waals surface area contributed by atoms with E-state index in [4.69, 9.17) is 14.7 Å². The molecule has 0 aliphatic carbocycles. The molecule has 8 nitrogen and oxygen atoms in total. The third-order valence-corrected chi connectivity index (χ3v) is 7.59. The van der Waals surface area contributed by atoms with Crippen molar-refractivity contribution < 1.29 is 14.3 Å². The van der Waals surface area contributed by atoms with Crippen LogP contribution in [-0.2, 0) is 6.54 Å². The Morgan fingerprint density at radius 2 is 1.80 bits per heavy atom. The summed E-state index contributed by atoms with van der Waals surface area (Å²) in [4.78, 5) is 22.5. The summed E-state index contributed by atoms with van der Waals surface area (Å²) in [5.41, 5.74) is 6.03. The number of amides is 1. The number of nitrogens with zero attached hydrogens (tertiary/aromatic N) is 4. The van der Waals surface area contributed by atoms with Crippen LogP contribution in [0.25, 0.3) is 11.1 Å². The zero-order valence-corrected chi connectivity index (χ0v) is 23.0. The molecule has 2 aliphatic rings. The Labute approximate surface area is 239 Å². The van der Waals surface area contributed by atoms with Gasteiger partial charge in [0.25, 0.3) is 5.91 Å². The van der Waals surface area contributed by atoms with Crippen molar-refractivity contribution in [1.29, 1.82) is 5.26 Å². The number of hydrogen-bond donors (Lipinski definition) is 1. The number of fused-ring (bicyclic) bond motifs is 1. The summed E-state index contributed by atoms with van der Waals surface area (Å²) < 4.78 is 11.0. The van der Waals surface area contributed by atoms with Crippen LogP contribution in [0.5, 0.6) is 11.5 Å². The van der Waals surface area contributed by atoms with E-state index < -0.39 is 0 Å². The fraction of sp³-hybridized carbons (Fsp3) is 0.242. The highest BCUT2D eigenvalue weighted by Crippen LogP contribution is 2.33. The molecule has 1 saturated heterocycles. The Hall–Kier alpha value is -4.87. The van der Waals surface area contributed by atoms with Gasteiger partial charge in [0.15, 0.2) is 11.5 Å². The minimum absolute atomic E-state index is 0.191. The highest BCUT2D eigenvalue weighted by Gasteiger charge is 2.19. The van der Waals surface area contributed by atoms with Crippen LogP contribution in [0.1, 0.15) is 33.5 Å². The number of carbonyl (C=O) groups is 1. The highest BCUT2D eigenvalue weighted by atomic mass is 16.7. The molecular formula is C33H31N5O3. The summed E-state index contributed by atoms with van der Waals surface area (Å²) in [5, 5.41) is 12.1. The van der Waals surface area contributed by atoms with Crippen molar-refractivity contribution in [3.8, 4) is 28.7 Å². The first kappa shape index (κ1) is 26.4. The summed E-state index contributed by atoms with van der Waals surface area (Å²) in [7, 11) is 0. The molecule has 0 spiro atoms. The van der Waals surface area contributed by atoms with Crippen LogP contribution in [0.3, 0.4) is 0 Å². The average Bonchev–Trinajstić information content (AvgIpc) is 3.35. The molecule has 0 saturated carbocycles. The maximum Gasteiger partial charge on any atom is 0.255 e. The lowest BCUT2D eigenvalue weighted by Gasteiger charge is -2.23. The monoisotopic (exact) mass is 545 g/mol. The van der Waals surface area contributed by atoms with Crippen LogP contribution in [0.4, 0.5) is 11.5 Å². The van der Waals surface area contributed by atoms with Gasteiger partial charge in [-0.2, -0.15) is 5.26 Å². The van der Waals surface area contributed by atoms with E-state index in [1.807, 2.05) is 55.5 Å². The van der Waals surface area contributed by atoms with E-state index in [-0.39, 0.29) is 5.91 Å². The smallest absolute Gasteiger partial charge is 0.255 e. The van der Waals surface area contributed by atoms with Gasteiger partial charge in [0.1, 0.15) is 5.82 Å². The Bertz CT molecular complexity index is 1600. The lowest BCUT2D eigenvalue weighted by atomic mass is 9.97. The summed E-state index contributed by atoms with van der Waals surface area (Å²) in [5.74, 6) is 2.35. The molecule has 4 aromatic rings. The molecule has 206 valence electrons. The number of rotatable bonds is 6. The molecule has 3 heterocycles. The quantitative estimate of drug-likeness (QED) is 0.336. The number of carbonyl (C=O) groups excluding carboxylic acids is 1. The predicted molar refractivity (Wildman–Crippen MR) is 158 cm³/mol. The number of hydrogen-bond acceptors (Lipinski definition) is 7. The molecule has 8 heteroatoms. The molecule has 0 unspecified atom stereocenters. The van der Waals surface area contributed by atoms with E-state index in [2.05, 4.69) is 38.3 Å². The number of nitriles is 1. The summed E-state index contributed by atoms with van der Waals surface area (Å²) in [6.45, 7) is 6.93. The van der Waals surface area contributed by atoms with Crippen LogP contribution in [0.2, 0.25) is 0 Å². The zero-order chi connectivity index (χ0) is 28.2. The summed E-state index contributed by atoms with van der Waals surface area (Å²) in [6.07, 6.45) is 2.76. The molecule has 3 aromatic carbocycles. The number of pyridine rings is 1. The molecule has 0 radical (unpaired) electrons. The Kier molecular flexibility index (Phi) is 7.52. The van der Waals surface area contributed by atoms with Gasteiger partial charge in [-0.1, -0.05) is 24.3 Å². The molecule has 1 amide bonds. The van der Waals surface area contributed by atoms with Crippen molar-refractivity contribution in [3.63, 3.8) is 0 Å². The number of benzene rings is 3. The van der Waals surface area contributed by atoms with E-state index in [0.29, 0.717) is 23.6 Å². The van der Waals surface area contributed by atoms with Gasteiger partial charge in [-0.05, 0) is 84.1 Å². The van der Waals surface area contributed by atoms with Crippen LogP contribution in [0, 0.1) is 18.3 Å². The van der Waals surface area contributed by atoms with Crippen LogP contribution in [-0.4, -0.2) is 48.8 Å². The second-order valence-corrected chi connectivity index (χ2v) is 10.4. The van der Waals surface area contributed by atoms with Crippen molar-refractivity contribution >= 4 is 17.4 Å². The first-order chi connectivity index (χ1) is 20.1. The molecule has 1 fully saturated rings. The highest BCUT2D eigenvalue weighted by molar-refractivity contribution is 6.05. The third kappa shape index (κ3) is 6.01. The van der Waals surface area contributed by atoms with Crippen LogP contribution < -0.4 is 19.7 Å². The van der Waals surface area contributed by atoms with Crippen molar-refractivity contribution in [3.05, 3.63) is 101 Å². The Morgan fingerprint density at radius 3 is 2.61 bits per heavy atom. The van der Waals surface area contributed by atoms with Crippen molar-refractivity contribution in [2.24, 2.45) is 0 Å². The van der Waals surface area contributed by atoms with Gasteiger partial charge in [0.05, 0.1) is 23.5 Å². The molecule has 41 heavy (non-hydrogen) atoms. The van der Waals surface area contributed by atoms with E-state index in [1.165, 1.54) is 5.56 Å². The fourth-order valence-corrected chi connectivity index (χ4v) is 5.30. The van der Waals surface area contributed by atoms with Gasteiger partial charge in [-0.3, -0.25) is 9.69 Å². The predicted octanol–water partition coefficient (Wildman–Crippen LogP) is 5.62. The molecule has 0 bridgehead atoms. The molecule has 6 rings (SSSR count). The Morgan fingerprint density at radius 1 is 0.951 bits per heavy atom. The number of aromatic nitrogens is 1. The first-order valence-electron chi connectivity index (χ1n) is 13.8. The maximum atomic E-state index is 13.1. The largest absolute Gasteiger partial charge is 0.454 e. The van der Waals surface area contributed by atoms with Crippen molar-refractivity contribution in [1.82, 2.24) is 9.88 Å². The lowest BCUT2D eigenvalue weighted by molar-refractivity contribution is 0.102. The molecule has 0 atom stereocenters. The molecule has 1 N–H and O–H groups in total. The third-order valence-electron chi connectivity index (χ3n) is 7.59. The van der Waals surface area contributed by atoms with Gasteiger partial charge in [0, 0.05) is 38.3 Å². The summed E-state index contributed by atoms with van der Waals surface area (Å²) >= 11 is 0. The SMILES string of the molecule is Cc1ccc(C(=O)Nc2ccc(N3CCCN(Cc4ccc5c(c4)OCO5)CC3)nc2)cc1-c1ccc(C#N)cc1. The van der Waals surface area contributed by atoms with Gasteiger partial charge < -0.3 is 19.7 Å². The fourth-order valence-electron chi connectivity index (χ4n) is 5.30. The summed E-state index contributed by atoms with van der Waals surface area (Å²) in [6, 6.07) is 25.2. The molecular weight excluding hydrogens is 514 g/mol. The number of ether oxygens (including phenoxy) is 2. The average molecular weight is 546 g/mol.